The van der Waals surface area contributed by atoms with E-state index in [4.69, 9.17) is 9.47 Å². The van der Waals surface area contributed by atoms with Crippen LogP contribution in [0.2, 0.25) is 0 Å². The number of hydrogen-bond acceptors (Lipinski definition) is 5. The smallest absolute Gasteiger partial charge is 0.329 e. The maximum atomic E-state index is 12.3. The molecule has 1 aromatic heterocycles. The minimum Gasteiger partial charge on any atom is -0.496 e. The van der Waals surface area contributed by atoms with Crippen molar-refractivity contribution < 1.29 is 19.1 Å². The number of aromatic nitrogens is 1. The van der Waals surface area contributed by atoms with Crippen LogP contribution in [-0.4, -0.2) is 30.1 Å². The molecule has 2 aromatic rings. The third-order valence-electron chi connectivity index (χ3n) is 4.01. The monoisotopic (exact) mass is 341 g/mol. The van der Waals surface area contributed by atoms with Crippen LogP contribution < -0.4 is 19.7 Å². The maximum Gasteiger partial charge on any atom is 0.329 e. The first-order chi connectivity index (χ1) is 12.0. The molecule has 0 spiro atoms. The molecular formula is C18H19N3O4. The fraction of sp³-hybridized carbons (Fsp3) is 0.278. The number of carbonyl (C=O) groups excluding carboxylic acids is 2. The average Bonchev–Trinajstić information content (AvgIpc) is 2.90. The fourth-order valence-corrected chi connectivity index (χ4v) is 2.63. The van der Waals surface area contributed by atoms with Crippen LogP contribution in [0.4, 0.5) is 10.5 Å². The van der Waals surface area contributed by atoms with Gasteiger partial charge in [0.15, 0.2) is 0 Å². The van der Waals surface area contributed by atoms with Crippen molar-refractivity contribution in [1.82, 2.24) is 10.3 Å². The molecule has 1 saturated heterocycles. The second-order valence-corrected chi connectivity index (χ2v) is 5.67. The van der Waals surface area contributed by atoms with Crippen LogP contribution in [0, 0.1) is 6.92 Å². The van der Waals surface area contributed by atoms with E-state index in [1.54, 1.807) is 31.4 Å². The highest BCUT2D eigenvalue weighted by atomic mass is 16.5. The molecule has 0 saturated carbocycles. The second kappa shape index (κ2) is 6.80. The summed E-state index contributed by atoms with van der Waals surface area (Å²) in [5.41, 5.74) is 1.41. The lowest BCUT2D eigenvalue weighted by Gasteiger charge is -2.14. The van der Waals surface area contributed by atoms with Gasteiger partial charge in [-0.15, -0.1) is 0 Å². The predicted octanol–water partition coefficient (Wildman–Crippen LogP) is 3.03. The van der Waals surface area contributed by atoms with Crippen LogP contribution in [0.25, 0.3) is 0 Å². The van der Waals surface area contributed by atoms with Gasteiger partial charge >= 0.3 is 6.03 Å². The fourth-order valence-electron chi connectivity index (χ4n) is 2.63. The van der Waals surface area contributed by atoms with Gasteiger partial charge in [-0.3, -0.25) is 4.79 Å². The van der Waals surface area contributed by atoms with E-state index in [0.29, 0.717) is 23.6 Å². The number of urea groups is 1. The van der Waals surface area contributed by atoms with E-state index in [0.717, 1.165) is 10.5 Å². The first-order valence-electron chi connectivity index (χ1n) is 7.96. The standard InChI is InChI=1S/C18H19N3O4/c1-4-14-17(22)21(18(23)20-14)12-7-8-19-16(9-12)25-13-6-5-11(2)15(10-13)24-3/h5-10,14H,4H2,1-3H3,(H,20,23). The summed E-state index contributed by atoms with van der Waals surface area (Å²) in [4.78, 5) is 29.6. The van der Waals surface area contributed by atoms with Gasteiger partial charge in [0.2, 0.25) is 5.88 Å². The molecule has 0 aliphatic carbocycles. The molecule has 0 radical (unpaired) electrons. The molecule has 1 unspecified atom stereocenters. The average molecular weight is 341 g/mol. The number of nitrogens with one attached hydrogen (secondary N) is 1. The van der Waals surface area contributed by atoms with E-state index >= 15 is 0 Å². The third-order valence-corrected chi connectivity index (χ3v) is 4.01. The Kier molecular flexibility index (Phi) is 4.56. The molecule has 130 valence electrons. The third kappa shape index (κ3) is 3.26. The number of aryl methyl sites for hydroxylation is 1. The highest BCUT2D eigenvalue weighted by Crippen LogP contribution is 2.29. The molecule has 7 heteroatoms. The number of imide groups is 1. The molecule has 1 aliphatic heterocycles. The van der Waals surface area contributed by atoms with Gasteiger partial charge in [-0.1, -0.05) is 13.0 Å². The number of benzene rings is 1. The molecule has 1 fully saturated rings. The van der Waals surface area contributed by atoms with E-state index in [2.05, 4.69) is 10.3 Å². The molecule has 0 bridgehead atoms. The number of carbonyl (C=O) groups is 2. The van der Waals surface area contributed by atoms with Gasteiger partial charge in [-0.05, 0) is 31.0 Å². The summed E-state index contributed by atoms with van der Waals surface area (Å²) in [6.45, 7) is 3.78. The lowest BCUT2D eigenvalue weighted by atomic mass is 10.2. The van der Waals surface area contributed by atoms with Gasteiger partial charge in [-0.25, -0.2) is 14.7 Å². The Labute approximate surface area is 145 Å². The van der Waals surface area contributed by atoms with E-state index in [9.17, 15) is 9.59 Å². The molecule has 1 aliphatic rings. The van der Waals surface area contributed by atoms with E-state index in [1.165, 1.54) is 6.20 Å². The minimum atomic E-state index is -0.494. The van der Waals surface area contributed by atoms with Gasteiger partial charge in [0.1, 0.15) is 17.5 Å². The number of amides is 3. The van der Waals surface area contributed by atoms with Crippen molar-refractivity contribution in [1.29, 1.82) is 0 Å². The molecule has 1 atom stereocenters. The zero-order valence-electron chi connectivity index (χ0n) is 14.3. The van der Waals surface area contributed by atoms with Crippen molar-refractivity contribution in [3.05, 3.63) is 42.1 Å². The largest absolute Gasteiger partial charge is 0.496 e. The number of ether oxygens (including phenoxy) is 2. The molecule has 1 N–H and O–H groups in total. The summed E-state index contributed by atoms with van der Waals surface area (Å²) in [7, 11) is 1.59. The summed E-state index contributed by atoms with van der Waals surface area (Å²) < 4.78 is 11.0. The molecule has 3 rings (SSSR count). The Bertz CT molecular complexity index is 822. The van der Waals surface area contributed by atoms with Crippen molar-refractivity contribution in [3.63, 3.8) is 0 Å². The van der Waals surface area contributed by atoms with Crippen LogP contribution in [0.5, 0.6) is 17.4 Å². The van der Waals surface area contributed by atoms with E-state index in [1.807, 2.05) is 19.9 Å². The number of pyridine rings is 1. The SMILES string of the molecule is CCC1NC(=O)N(c2ccnc(Oc3ccc(C)c(OC)c3)c2)C1=O. The summed E-state index contributed by atoms with van der Waals surface area (Å²) >= 11 is 0. The number of hydrogen-bond donors (Lipinski definition) is 1. The van der Waals surface area contributed by atoms with Crippen LogP contribution >= 0.6 is 0 Å². The van der Waals surface area contributed by atoms with Crippen molar-refractivity contribution >= 4 is 17.6 Å². The predicted molar refractivity (Wildman–Crippen MR) is 92.1 cm³/mol. The second-order valence-electron chi connectivity index (χ2n) is 5.67. The molecule has 2 heterocycles. The summed E-state index contributed by atoms with van der Waals surface area (Å²) in [6, 6.07) is 7.65. The quantitative estimate of drug-likeness (QED) is 0.846. The Morgan fingerprint density at radius 3 is 2.72 bits per heavy atom. The zero-order chi connectivity index (χ0) is 18.0. The van der Waals surface area contributed by atoms with Gasteiger partial charge in [-0.2, -0.15) is 0 Å². The first-order valence-corrected chi connectivity index (χ1v) is 7.96. The first kappa shape index (κ1) is 16.8. The molecular weight excluding hydrogens is 322 g/mol. The van der Waals surface area contributed by atoms with Crippen LogP contribution in [-0.2, 0) is 4.79 Å². The zero-order valence-corrected chi connectivity index (χ0v) is 14.3. The lowest BCUT2D eigenvalue weighted by molar-refractivity contribution is -0.118. The van der Waals surface area contributed by atoms with Crippen molar-refractivity contribution in [2.45, 2.75) is 26.3 Å². The number of nitrogens with zero attached hydrogens (tertiary/aromatic N) is 2. The molecule has 7 nitrogen and oxygen atoms in total. The number of anilines is 1. The highest BCUT2D eigenvalue weighted by molar-refractivity contribution is 6.21. The van der Waals surface area contributed by atoms with Gasteiger partial charge in [0, 0.05) is 18.3 Å². The topological polar surface area (TPSA) is 80.8 Å². The minimum absolute atomic E-state index is 0.276. The van der Waals surface area contributed by atoms with Crippen LogP contribution in [0.15, 0.2) is 36.5 Å². The maximum absolute atomic E-state index is 12.3. The highest BCUT2D eigenvalue weighted by Gasteiger charge is 2.38. The Morgan fingerprint density at radius 2 is 2.04 bits per heavy atom. The summed E-state index contributed by atoms with van der Waals surface area (Å²) in [5.74, 6) is 1.26. The normalized spacial score (nSPS) is 16.8. The summed E-state index contributed by atoms with van der Waals surface area (Å²) in [6.07, 6.45) is 2.04. The van der Waals surface area contributed by atoms with Gasteiger partial charge in [0.25, 0.3) is 5.91 Å². The lowest BCUT2D eigenvalue weighted by Crippen LogP contribution is -2.31. The summed E-state index contributed by atoms with van der Waals surface area (Å²) in [5, 5.41) is 2.65. The number of methoxy groups -OCH3 is 1. The van der Waals surface area contributed by atoms with E-state index in [-0.39, 0.29) is 11.8 Å². The van der Waals surface area contributed by atoms with E-state index < -0.39 is 12.1 Å². The van der Waals surface area contributed by atoms with Crippen molar-refractivity contribution in [2.75, 3.05) is 12.0 Å². The Balaban J connectivity index is 1.85. The van der Waals surface area contributed by atoms with Crippen molar-refractivity contribution in [3.8, 4) is 17.4 Å². The van der Waals surface area contributed by atoms with Gasteiger partial charge in [0.05, 0.1) is 12.8 Å². The molecule has 1 aromatic carbocycles. The van der Waals surface area contributed by atoms with Crippen LogP contribution in [0.1, 0.15) is 18.9 Å². The van der Waals surface area contributed by atoms with Crippen molar-refractivity contribution in [2.24, 2.45) is 0 Å². The Hall–Kier alpha value is -3.09. The van der Waals surface area contributed by atoms with Crippen LogP contribution in [0.3, 0.4) is 0 Å². The van der Waals surface area contributed by atoms with Gasteiger partial charge < -0.3 is 14.8 Å². The Morgan fingerprint density at radius 1 is 1.24 bits per heavy atom. The molecule has 3 amide bonds. The molecule has 25 heavy (non-hydrogen) atoms. The number of rotatable bonds is 5.